The molecular weight excluding hydrogens is 327 g/mol. The fourth-order valence-corrected chi connectivity index (χ4v) is 4.23. The van der Waals surface area contributed by atoms with Crippen molar-refractivity contribution < 1.29 is 17.7 Å². The van der Waals surface area contributed by atoms with Crippen LogP contribution in [0.2, 0.25) is 0 Å². The Bertz CT molecular complexity index is 803. The van der Waals surface area contributed by atoms with E-state index in [1.54, 1.807) is 24.1 Å². The van der Waals surface area contributed by atoms with E-state index >= 15 is 0 Å². The lowest BCUT2D eigenvalue weighted by Gasteiger charge is -2.36. The lowest BCUT2D eigenvalue weighted by atomic mass is 9.79. The highest BCUT2D eigenvalue weighted by molar-refractivity contribution is 7.89. The van der Waals surface area contributed by atoms with E-state index in [4.69, 9.17) is 9.31 Å². The van der Waals surface area contributed by atoms with E-state index < -0.39 is 28.3 Å². The molecule has 1 aromatic carbocycles. The average Bonchev–Trinajstić information content (AvgIpc) is 2.71. The van der Waals surface area contributed by atoms with E-state index in [0.717, 1.165) is 0 Å². The first-order valence-electron chi connectivity index (χ1n) is 7.80. The van der Waals surface area contributed by atoms with Crippen molar-refractivity contribution in [3.05, 3.63) is 30.6 Å². The number of rotatable bonds is 1. The first kappa shape index (κ1) is 17.3. The molecule has 0 amide bonds. The molecule has 0 atom stereocenters. The van der Waals surface area contributed by atoms with Crippen LogP contribution in [0.25, 0.3) is 0 Å². The minimum Gasteiger partial charge on any atom is -0.399 e. The molecule has 0 unspecified atom stereocenters. The average molecular weight is 350 g/mol. The summed E-state index contributed by atoms with van der Waals surface area (Å²) in [5, 5.41) is 0. The van der Waals surface area contributed by atoms with E-state index in [2.05, 4.69) is 6.58 Å². The monoisotopic (exact) mass is 350 g/mol. The molecule has 6 nitrogen and oxygen atoms in total. The van der Waals surface area contributed by atoms with Gasteiger partial charge in [0.05, 0.1) is 16.9 Å². The maximum Gasteiger partial charge on any atom is 0.494 e. The van der Waals surface area contributed by atoms with Crippen LogP contribution in [0, 0.1) is 0 Å². The maximum atomic E-state index is 12.7. The van der Waals surface area contributed by atoms with Gasteiger partial charge < -0.3 is 14.2 Å². The smallest absolute Gasteiger partial charge is 0.399 e. The summed E-state index contributed by atoms with van der Waals surface area (Å²) in [6, 6.07) is 5.24. The standard InChI is InChI=1S/C16H23BN2O4S/c1-11-18(6)13-9-8-12(10-14(13)24(20,21)19(11)7)17-22-15(2,3)16(4,5)23-17/h8-10H,1H2,2-7H3. The van der Waals surface area contributed by atoms with Crippen molar-refractivity contribution in [2.24, 2.45) is 0 Å². The van der Waals surface area contributed by atoms with Crippen LogP contribution in [0.3, 0.4) is 0 Å². The van der Waals surface area contributed by atoms with Gasteiger partial charge in [-0.25, -0.2) is 8.42 Å². The zero-order chi connectivity index (χ0) is 18.1. The minimum atomic E-state index is -3.63. The van der Waals surface area contributed by atoms with Gasteiger partial charge in [0.25, 0.3) is 10.0 Å². The van der Waals surface area contributed by atoms with Crippen molar-refractivity contribution in [2.45, 2.75) is 43.8 Å². The summed E-state index contributed by atoms with van der Waals surface area (Å²) in [4.78, 5) is 1.98. The van der Waals surface area contributed by atoms with Crippen LogP contribution >= 0.6 is 0 Å². The number of sulfonamides is 1. The zero-order valence-electron chi connectivity index (χ0n) is 15.0. The van der Waals surface area contributed by atoms with Crippen LogP contribution in [0.4, 0.5) is 5.69 Å². The SMILES string of the molecule is C=C1N(C)c2ccc(B3OC(C)(C)C(C)(C)O3)cc2S(=O)(=O)N1C. The Labute approximate surface area is 144 Å². The molecule has 130 valence electrons. The molecule has 8 heteroatoms. The molecule has 2 aliphatic heterocycles. The first-order valence-corrected chi connectivity index (χ1v) is 9.24. The summed E-state index contributed by atoms with van der Waals surface area (Å²) < 4.78 is 38.7. The van der Waals surface area contributed by atoms with Gasteiger partial charge >= 0.3 is 7.12 Å². The lowest BCUT2D eigenvalue weighted by Crippen LogP contribution is -2.41. The van der Waals surface area contributed by atoms with Crippen molar-refractivity contribution in [3.8, 4) is 0 Å². The second-order valence-corrected chi connectivity index (χ2v) is 9.20. The molecule has 24 heavy (non-hydrogen) atoms. The Balaban J connectivity index is 2.08. The van der Waals surface area contributed by atoms with Crippen LogP contribution in [-0.2, 0) is 19.3 Å². The van der Waals surface area contributed by atoms with Crippen molar-refractivity contribution in [1.29, 1.82) is 0 Å². The van der Waals surface area contributed by atoms with E-state index in [1.807, 2.05) is 33.8 Å². The van der Waals surface area contributed by atoms with Gasteiger partial charge in [0.15, 0.2) is 0 Å². The molecular formula is C16H23BN2O4S. The number of hydrogen-bond acceptors (Lipinski definition) is 5. The molecule has 0 aromatic heterocycles. The Kier molecular flexibility index (Phi) is 3.61. The van der Waals surface area contributed by atoms with E-state index in [0.29, 0.717) is 17.0 Å². The van der Waals surface area contributed by atoms with E-state index in [9.17, 15) is 8.42 Å². The fraction of sp³-hybridized carbons (Fsp3) is 0.500. The van der Waals surface area contributed by atoms with Crippen molar-refractivity contribution >= 4 is 28.3 Å². The maximum absolute atomic E-state index is 12.7. The van der Waals surface area contributed by atoms with E-state index in [-0.39, 0.29) is 4.90 Å². The highest BCUT2D eigenvalue weighted by Crippen LogP contribution is 2.38. The van der Waals surface area contributed by atoms with Gasteiger partial charge in [-0.2, -0.15) is 0 Å². The Hall–Kier alpha value is -1.51. The third kappa shape index (κ3) is 2.28. The third-order valence-corrected chi connectivity index (χ3v) is 7.07. The molecule has 2 aliphatic rings. The number of hydrogen-bond donors (Lipinski definition) is 0. The molecule has 1 saturated heterocycles. The Morgan fingerprint density at radius 3 is 2.17 bits per heavy atom. The predicted molar refractivity (Wildman–Crippen MR) is 94.6 cm³/mol. The summed E-state index contributed by atoms with van der Waals surface area (Å²) in [5.74, 6) is 0.408. The Morgan fingerprint density at radius 1 is 1.08 bits per heavy atom. The number of nitrogens with zero attached hydrogens (tertiary/aromatic N) is 2. The number of benzene rings is 1. The van der Waals surface area contributed by atoms with Crippen LogP contribution < -0.4 is 10.4 Å². The molecule has 1 fully saturated rings. The topological polar surface area (TPSA) is 59.1 Å². The summed E-state index contributed by atoms with van der Waals surface area (Å²) in [5.41, 5.74) is 0.325. The molecule has 0 radical (unpaired) electrons. The summed E-state index contributed by atoms with van der Waals surface area (Å²) in [6.45, 7) is 11.7. The molecule has 0 N–H and O–H groups in total. The van der Waals surface area contributed by atoms with E-state index in [1.165, 1.54) is 11.4 Å². The normalized spacial score (nSPS) is 24.2. The quantitative estimate of drug-likeness (QED) is 0.719. The van der Waals surface area contributed by atoms with Gasteiger partial charge in [-0.15, -0.1) is 0 Å². The van der Waals surface area contributed by atoms with Gasteiger partial charge in [0.1, 0.15) is 10.7 Å². The Morgan fingerprint density at radius 2 is 1.62 bits per heavy atom. The second-order valence-electron chi connectivity index (χ2n) is 7.26. The highest BCUT2D eigenvalue weighted by atomic mass is 32.2. The van der Waals surface area contributed by atoms with Crippen LogP contribution in [0.1, 0.15) is 27.7 Å². The van der Waals surface area contributed by atoms with Crippen molar-refractivity contribution in [3.63, 3.8) is 0 Å². The molecule has 3 rings (SSSR count). The molecule has 0 bridgehead atoms. The summed E-state index contributed by atoms with van der Waals surface area (Å²) in [7, 11) is -0.941. The summed E-state index contributed by atoms with van der Waals surface area (Å²) in [6.07, 6.45) is 0. The van der Waals surface area contributed by atoms with Crippen LogP contribution in [0.15, 0.2) is 35.5 Å². The van der Waals surface area contributed by atoms with Gasteiger partial charge in [0, 0.05) is 14.1 Å². The molecule has 0 aliphatic carbocycles. The van der Waals surface area contributed by atoms with Gasteiger partial charge in [-0.3, -0.25) is 4.31 Å². The molecule has 0 saturated carbocycles. The lowest BCUT2D eigenvalue weighted by molar-refractivity contribution is 0.00578. The van der Waals surface area contributed by atoms with Gasteiger partial charge in [-0.05, 0) is 45.3 Å². The minimum absolute atomic E-state index is 0.229. The van der Waals surface area contributed by atoms with Gasteiger partial charge in [-0.1, -0.05) is 12.6 Å². The number of fused-ring (bicyclic) bond motifs is 1. The van der Waals surface area contributed by atoms with Crippen molar-refractivity contribution in [1.82, 2.24) is 4.31 Å². The third-order valence-electron chi connectivity index (χ3n) is 5.26. The molecule has 0 spiro atoms. The predicted octanol–water partition coefficient (Wildman–Crippen LogP) is 1.53. The van der Waals surface area contributed by atoms with Crippen LogP contribution in [-0.4, -0.2) is 45.1 Å². The second kappa shape index (κ2) is 5.00. The van der Waals surface area contributed by atoms with Gasteiger partial charge in [0.2, 0.25) is 0 Å². The molecule has 2 heterocycles. The largest absolute Gasteiger partial charge is 0.494 e. The summed E-state index contributed by atoms with van der Waals surface area (Å²) >= 11 is 0. The van der Waals surface area contributed by atoms with Crippen LogP contribution in [0.5, 0.6) is 0 Å². The number of anilines is 1. The first-order chi connectivity index (χ1) is 10.9. The zero-order valence-corrected chi connectivity index (χ0v) is 15.8. The van der Waals surface area contributed by atoms with Crippen molar-refractivity contribution in [2.75, 3.05) is 19.0 Å². The highest BCUT2D eigenvalue weighted by Gasteiger charge is 2.52. The fourth-order valence-electron chi connectivity index (χ4n) is 2.78. The molecule has 1 aromatic rings.